The van der Waals surface area contributed by atoms with Crippen LogP contribution in [0.4, 0.5) is 5.69 Å². The zero-order chi connectivity index (χ0) is 22.6. The highest BCUT2D eigenvalue weighted by molar-refractivity contribution is 7.89. The van der Waals surface area contributed by atoms with Gasteiger partial charge >= 0.3 is 0 Å². The van der Waals surface area contributed by atoms with Gasteiger partial charge in [-0.05, 0) is 55.4 Å². The van der Waals surface area contributed by atoms with Gasteiger partial charge in [-0.3, -0.25) is 4.79 Å². The molecule has 8 heteroatoms. The van der Waals surface area contributed by atoms with Crippen LogP contribution in [0.1, 0.15) is 12.1 Å². The van der Waals surface area contributed by atoms with Crippen LogP contribution in [-0.2, 0) is 21.2 Å². The van der Waals surface area contributed by atoms with E-state index in [0.29, 0.717) is 31.6 Å². The van der Waals surface area contributed by atoms with E-state index in [4.69, 9.17) is 0 Å². The molecule has 1 aliphatic rings. The van der Waals surface area contributed by atoms with E-state index in [1.807, 2.05) is 49.5 Å². The van der Waals surface area contributed by atoms with E-state index in [0.717, 1.165) is 30.0 Å². The molecule has 1 saturated heterocycles. The summed E-state index contributed by atoms with van der Waals surface area (Å²) in [6.07, 6.45) is 0.921. The van der Waals surface area contributed by atoms with Crippen LogP contribution in [0.25, 0.3) is 11.3 Å². The number of H-pyrrole nitrogens is 1. The number of aryl methyl sites for hydroxylation is 1. The first-order valence-electron chi connectivity index (χ1n) is 10.7. The molecule has 0 saturated carbocycles. The van der Waals surface area contributed by atoms with Crippen molar-refractivity contribution in [1.29, 1.82) is 0 Å². The molecule has 0 bridgehead atoms. The Morgan fingerprint density at radius 2 is 1.62 bits per heavy atom. The third kappa shape index (κ3) is 5.27. The number of piperazine rings is 1. The zero-order valence-electron chi connectivity index (χ0n) is 18.1. The monoisotopic (exact) mass is 452 g/mol. The van der Waals surface area contributed by atoms with E-state index in [2.05, 4.69) is 15.2 Å². The standard InChI is InChI=1S/C24H28N4O3S/c1-27-15-17-28(18-16-27)32(30,31)22-11-7-21(8-12-22)26-24(29)14-10-20-9-13-23(25-20)19-5-3-2-4-6-19/h2-9,11-13,25H,10,14-18H2,1H3,(H,26,29). The van der Waals surface area contributed by atoms with Crippen LogP contribution >= 0.6 is 0 Å². The third-order valence-corrected chi connectivity index (χ3v) is 7.60. The highest BCUT2D eigenvalue weighted by Crippen LogP contribution is 2.21. The SMILES string of the molecule is CN1CCN(S(=O)(=O)c2ccc(NC(=O)CCc3ccc(-c4ccccc4)[nH]3)cc2)CC1. The smallest absolute Gasteiger partial charge is 0.243 e. The number of anilines is 1. The minimum atomic E-state index is -3.51. The number of carbonyl (C=O) groups excluding carboxylic acids is 1. The van der Waals surface area contributed by atoms with E-state index in [1.54, 1.807) is 24.3 Å². The lowest BCUT2D eigenvalue weighted by Crippen LogP contribution is -2.46. The minimum absolute atomic E-state index is 0.115. The quantitative estimate of drug-likeness (QED) is 0.577. The van der Waals surface area contributed by atoms with Crippen molar-refractivity contribution >= 4 is 21.6 Å². The first kappa shape index (κ1) is 22.3. The largest absolute Gasteiger partial charge is 0.358 e. The first-order valence-corrected chi connectivity index (χ1v) is 12.2. The van der Waals surface area contributed by atoms with Gasteiger partial charge in [-0.15, -0.1) is 0 Å². The van der Waals surface area contributed by atoms with Gasteiger partial charge < -0.3 is 15.2 Å². The molecule has 0 radical (unpaired) electrons. The molecule has 1 aliphatic heterocycles. The molecule has 1 aromatic heterocycles. The summed E-state index contributed by atoms with van der Waals surface area (Å²) in [7, 11) is -1.52. The lowest BCUT2D eigenvalue weighted by molar-refractivity contribution is -0.116. The maximum Gasteiger partial charge on any atom is 0.243 e. The number of likely N-dealkylation sites (N-methyl/N-ethyl adjacent to an activating group) is 1. The van der Waals surface area contributed by atoms with Crippen LogP contribution in [-0.4, -0.2) is 61.7 Å². The molecule has 2 N–H and O–H groups in total. The number of hydrogen-bond acceptors (Lipinski definition) is 4. The molecule has 0 atom stereocenters. The van der Waals surface area contributed by atoms with Gasteiger partial charge in [0.05, 0.1) is 4.90 Å². The van der Waals surface area contributed by atoms with E-state index in [-0.39, 0.29) is 10.8 Å². The third-order valence-electron chi connectivity index (χ3n) is 5.69. The number of rotatable bonds is 7. The fraction of sp³-hybridized carbons (Fsp3) is 0.292. The highest BCUT2D eigenvalue weighted by Gasteiger charge is 2.27. The second kappa shape index (κ2) is 9.68. The fourth-order valence-corrected chi connectivity index (χ4v) is 5.15. The molecule has 1 amide bonds. The van der Waals surface area contributed by atoms with Gasteiger partial charge in [0.1, 0.15) is 0 Å². The maximum absolute atomic E-state index is 12.8. The van der Waals surface area contributed by atoms with Crippen LogP contribution in [0.3, 0.4) is 0 Å². The summed E-state index contributed by atoms with van der Waals surface area (Å²) in [5.41, 5.74) is 3.71. The molecular weight excluding hydrogens is 424 g/mol. The van der Waals surface area contributed by atoms with Gasteiger partial charge in [0.25, 0.3) is 0 Å². The van der Waals surface area contributed by atoms with Crippen molar-refractivity contribution in [1.82, 2.24) is 14.2 Å². The summed E-state index contributed by atoms with van der Waals surface area (Å²) in [6.45, 7) is 2.42. The summed E-state index contributed by atoms with van der Waals surface area (Å²) >= 11 is 0. The van der Waals surface area contributed by atoms with Gasteiger partial charge in [0.2, 0.25) is 15.9 Å². The second-order valence-electron chi connectivity index (χ2n) is 8.04. The maximum atomic E-state index is 12.8. The summed E-state index contributed by atoms with van der Waals surface area (Å²) in [4.78, 5) is 18.1. The molecule has 1 fully saturated rings. The van der Waals surface area contributed by atoms with Crippen molar-refractivity contribution < 1.29 is 13.2 Å². The Balaban J connectivity index is 1.31. The molecule has 0 aliphatic carbocycles. The van der Waals surface area contributed by atoms with Crippen molar-refractivity contribution in [2.24, 2.45) is 0 Å². The van der Waals surface area contributed by atoms with Crippen molar-refractivity contribution in [2.75, 3.05) is 38.5 Å². The Bertz CT molecular complexity index is 1150. The topological polar surface area (TPSA) is 85.5 Å². The van der Waals surface area contributed by atoms with Crippen molar-refractivity contribution in [3.05, 3.63) is 72.4 Å². The number of nitrogens with zero attached hydrogens (tertiary/aromatic N) is 2. The molecule has 2 aromatic carbocycles. The normalized spacial score (nSPS) is 15.5. The van der Waals surface area contributed by atoms with Crippen LogP contribution < -0.4 is 5.32 Å². The number of amides is 1. The van der Waals surface area contributed by atoms with Crippen LogP contribution in [0, 0.1) is 0 Å². The summed E-state index contributed by atoms with van der Waals surface area (Å²) in [6, 6.07) is 20.4. The summed E-state index contributed by atoms with van der Waals surface area (Å²) < 4.78 is 27.1. The lowest BCUT2D eigenvalue weighted by Gasteiger charge is -2.31. The summed E-state index contributed by atoms with van der Waals surface area (Å²) in [5.74, 6) is -0.115. The zero-order valence-corrected chi connectivity index (χ0v) is 18.9. The minimum Gasteiger partial charge on any atom is -0.358 e. The molecule has 4 rings (SSSR count). The first-order chi connectivity index (χ1) is 15.4. The summed E-state index contributed by atoms with van der Waals surface area (Å²) in [5, 5.41) is 2.85. The molecule has 0 unspecified atom stereocenters. The number of hydrogen-bond donors (Lipinski definition) is 2. The Morgan fingerprint density at radius 3 is 2.31 bits per heavy atom. The van der Waals surface area contributed by atoms with Crippen molar-refractivity contribution in [3.63, 3.8) is 0 Å². The number of nitrogens with one attached hydrogen (secondary N) is 2. The van der Waals surface area contributed by atoms with E-state index < -0.39 is 10.0 Å². The Morgan fingerprint density at radius 1 is 0.938 bits per heavy atom. The highest BCUT2D eigenvalue weighted by atomic mass is 32.2. The number of aromatic amines is 1. The van der Waals surface area contributed by atoms with Gasteiger partial charge in [-0.1, -0.05) is 30.3 Å². The second-order valence-corrected chi connectivity index (χ2v) is 9.98. The van der Waals surface area contributed by atoms with Gasteiger partial charge in [-0.25, -0.2) is 8.42 Å². The van der Waals surface area contributed by atoms with E-state index in [9.17, 15) is 13.2 Å². The molecular formula is C24H28N4O3S. The average Bonchev–Trinajstić information content (AvgIpc) is 3.28. The van der Waals surface area contributed by atoms with E-state index in [1.165, 1.54) is 4.31 Å². The Labute approximate surface area is 189 Å². The number of aromatic nitrogens is 1. The van der Waals surface area contributed by atoms with E-state index >= 15 is 0 Å². The number of benzene rings is 2. The molecule has 2 heterocycles. The predicted molar refractivity (Wildman–Crippen MR) is 126 cm³/mol. The molecule has 7 nitrogen and oxygen atoms in total. The average molecular weight is 453 g/mol. The number of sulfonamides is 1. The van der Waals surface area contributed by atoms with Crippen molar-refractivity contribution in [2.45, 2.75) is 17.7 Å². The van der Waals surface area contributed by atoms with Crippen LogP contribution in [0.15, 0.2) is 71.6 Å². The molecule has 168 valence electrons. The number of carbonyl (C=O) groups is 1. The Hall–Kier alpha value is -2.94. The van der Waals surface area contributed by atoms with Gasteiger partial charge in [-0.2, -0.15) is 4.31 Å². The fourth-order valence-electron chi connectivity index (χ4n) is 3.73. The van der Waals surface area contributed by atoms with Crippen molar-refractivity contribution in [3.8, 4) is 11.3 Å². The van der Waals surface area contributed by atoms with Gasteiger partial charge in [0, 0.05) is 49.7 Å². The van der Waals surface area contributed by atoms with Gasteiger partial charge in [0.15, 0.2) is 0 Å². The Kier molecular flexibility index (Phi) is 6.74. The lowest BCUT2D eigenvalue weighted by atomic mass is 10.2. The predicted octanol–water partition coefficient (Wildman–Crippen LogP) is 3.19. The van der Waals surface area contributed by atoms with Crippen LogP contribution in [0.2, 0.25) is 0 Å². The molecule has 32 heavy (non-hydrogen) atoms. The molecule has 0 spiro atoms. The van der Waals surface area contributed by atoms with Crippen LogP contribution in [0.5, 0.6) is 0 Å². The molecule has 3 aromatic rings.